The maximum atomic E-state index is 11.9. The zero-order valence-corrected chi connectivity index (χ0v) is 13.5. The van der Waals surface area contributed by atoms with E-state index >= 15 is 0 Å². The van der Waals surface area contributed by atoms with Gasteiger partial charge in [-0.3, -0.25) is 5.10 Å². The Morgan fingerprint density at radius 2 is 2.26 bits per heavy atom. The molecular formula is C15H19N4O3S+. The molecule has 3 N–H and O–H groups in total. The Morgan fingerprint density at radius 3 is 2.96 bits per heavy atom. The Morgan fingerprint density at radius 1 is 1.52 bits per heavy atom. The topological polar surface area (TPSA) is 84.6 Å². The van der Waals surface area contributed by atoms with Crippen LogP contribution in [0, 0.1) is 4.77 Å². The number of methoxy groups -OCH3 is 1. The number of aliphatic hydroxyl groups excluding tert-OH is 1. The summed E-state index contributed by atoms with van der Waals surface area (Å²) in [7, 11) is 1.36. The zero-order valence-electron chi connectivity index (χ0n) is 12.7. The highest BCUT2D eigenvalue weighted by Gasteiger charge is 2.41. The zero-order chi connectivity index (χ0) is 16.4. The molecule has 1 fully saturated rings. The Labute approximate surface area is 138 Å². The number of nitrogens with zero attached hydrogens (tertiary/aromatic N) is 2. The van der Waals surface area contributed by atoms with E-state index in [2.05, 4.69) is 10.1 Å². The van der Waals surface area contributed by atoms with Crippen molar-refractivity contribution in [1.29, 1.82) is 0 Å². The first-order valence-corrected chi connectivity index (χ1v) is 7.82. The van der Waals surface area contributed by atoms with Crippen LogP contribution in [-0.2, 0) is 16.2 Å². The lowest BCUT2D eigenvalue weighted by Crippen LogP contribution is -3.14. The van der Waals surface area contributed by atoms with Crippen molar-refractivity contribution in [3.63, 3.8) is 0 Å². The predicted molar refractivity (Wildman–Crippen MR) is 85.1 cm³/mol. The van der Waals surface area contributed by atoms with Gasteiger partial charge in [-0.15, -0.1) is 0 Å². The van der Waals surface area contributed by atoms with E-state index in [4.69, 9.17) is 17.0 Å². The normalized spacial score (nSPS) is 23.8. The van der Waals surface area contributed by atoms with Crippen LogP contribution in [0.1, 0.15) is 6.42 Å². The minimum atomic E-state index is -0.514. The molecule has 1 aromatic carbocycles. The third-order valence-electron chi connectivity index (χ3n) is 4.07. The van der Waals surface area contributed by atoms with Gasteiger partial charge in [-0.05, 0) is 12.2 Å². The number of carbonyl (C=O) groups is 1. The van der Waals surface area contributed by atoms with Crippen molar-refractivity contribution < 1.29 is 19.5 Å². The Bertz CT molecular complexity index is 743. The maximum Gasteiger partial charge on any atom is 0.364 e. The molecule has 0 amide bonds. The molecule has 23 heavy (non-hydrogen) atoms. The highest BCUT2D eigenvalue weighted by Crippen LogP contribution is 2.13. The van der Waals surface area contributed by atoms with Crippen LogP contribution in [0.2, 0.25) is 0 Å². The van der Waals surface area contributed by atoms with Crippen LogP contribution in [0.25, 0.3) is 11.4 Å². The summed E-state index contributed by atoms with van der Waals surface area (Å²) in [5, 5.41) is 13.0. The average Bonchev–Trinajstić information content (AvgIpc) is 3.11. The van der Waals surface area contributed by atoms with E-state index in [1.807, 2.05) is 30.3 Å². The molecule has 0 spiro atoms. The number of nitrogens with one attached hydrogen (secondary N) is 2. The minimum absolute atomic E-state index is 0.314. The van der Waals surface area contributed by atoms with Crippen molar-refractivity contribution in [3.8, 4) is 11.4 Å². The third-order valence-corrected chi connectivity index (χ3v) is 4.38. The van der Waals surface area contributed by atoms with Gasteiger partial charge in [0.05, 0.1) is 7.11 Å². The number of likely N-dealkylation sites (tertiary alicyclic amines) is 1. The van der Waals surface area contributed by atoms with Crippen LogP contribution in [0.5, 0.6) is 0 Å². The first-order valence-electron chi connectivity index (χ1n) is 7.41. The van der Waals surface area contributed by atoms with E-state index in [1.54, 1.807) is 4.68 Å². The molecule has 122 valence electrons. The number of esters is 1. The van der Waals surface area contributed by atoms with Gasteiger partial charge in [-0.25, -0.2) is 9.48 Å². The molecule has 2 heterocycles. The van der Waals surface area contributed by atoms with Crippen molar-refractivity contribution in [2.24, 2.45) is 0 Å². The van der Waals surface area contributed by atoms with Crippen LogP contribution in [-0.4, -0.2) is 51.6 Å². The summed E-state index contributed by atoms with van der Waals surface area (Å²) in [6, 6.07) is 9.30. The number of hydrogen-bond donors (Lipinski definition) is 3. The first-order chi connectivity index (χ1) is 11.1. The second-order valence-corrected chi connectivity index (χ2v) is 6.00. The van der Waals surface area contributed by atoms with Crippen LogP contribution in [0.4, 0.5) is 0 Å². The lowest BCUT2D eigenvalue weighted by molar-refractivity contribution is -0.928. The number of aliphatic hydroxyl groups is 1. The van der Waals surface area contributed by atoms with Crippen molar-refractivity contribution in [2.45, 2.75) is 25.2 Å². The van der Waals surface area contributed by atoms with Crippen molar-refractivity contribution in [3.05, 3.63) is 35.1 Å². The minimum Gasteiger partial charge on any atom is -0.465 e. The van der Waals surface area contributed by atoms with E-state index in [1.165, 1.54) is 7.11 Å². The first kappa shape index (κ1) is 15.9. The fourth-order valence-corrected chi connectivity index (χ4v) is 3.14. The number of quaternary nitrogens is 1. The van der Waals surface area contributed by atoms with E-state index in [0.29, 0.717) is 30.2 Å². The van der Waals surface area contributed by atoms with Gasteiger partial charge in [-0.2, -0.15) is 4.98 Å². The standard InChI is InChI=1S/C15H18N4O3S/c1-22-14(21)12-7-11(20)8-18(12)9-19-15(23)16-13(17-19)10-5-3-2-4-6-10/h2-6,11-12,20H,7-9H2,1H3,(H,16,17,23)/p+1/t11-,12-/m0/s1. The second kappa shape index (κ2) is 6.61. The molecule has 1 aliphatic rings. The summed E-state index contributed by atoms with van der Waals surface area (Å²) < 4.78 is 6.96. The van der Waals surface area contributed by atoms with Crippen LogP contribution in [0.15, 0.2) is 30.3 Å². The number of carbonyl (C=O) groups excluding carboxylic acids is 1. The average molecular weight is 335 g/mol. The SMILES string of the molecule is COC(=O)[C@@H]1C[C@H](O)C[NH+]1Cn1[nH]c(-c2ccccc2)nc1=S. The molecule has 7 nitrogen and oxygen atoms in total. The van der Waals surface area contributed by atoms with Crippen molar-refractivity contribution in [2.75, 3.05) is 13.7 Å². The number of aromatic amines is 1. The lowest BCUT2D eigenvalue weighted by atomic mass is 10.2. The fourth-order valence-electron chi connectivity index (χ4n) is 2.94. The van der Waals surface area contributed by atoms with E-state index in [9.17, 15) is 9.90 Å². The van der Waals surface area contributed by atoms with Crippen molar-refractivity contribution >= 4 is 18.2 Å². The van der Waals surface area contributed by atoms with Gasteiger partial charge in [0.1, 0.15) is 12.6 Å². The van der Waals surface area contributed by atoms with Gasteiger partial charge in [0, 0.05) is 12.0 Å². The summed E-state index contributed by atoms with van der Waals surface area (Å²) in [4.78, 5) is 17.1. The fraction of sp³-hybridized carbons (Fsp3) is 0.400. The van der Waals surface area contributed by atoms with Gasteiger partial charge in [-0.1, -0.05) is 30.3 Å². The number of ether oxygens (including phenoxy) is 1. The summed E-state index contributed by atoms with van der Waals surface area (Å²) in [6.45, 7) is 0.900. The van der Waals surface area contributed by atoms with Crippen LogP contribution < -0.4 is 4.90 Å². The summed E-state index contributed by atoms with van der Waals surface area (Å²) in [6.07, 6.45) is -0.116. The molecule has 1 saturated heterocycles. The molecule has 1 unspecified atom stereocenters. The number of benzene rings is 1. The van der Waals surface area contributed by atoms with Crippen LogP contribution in [0.3, 0.4) is 0 Å². The molecule has 0 radical (unpaired) electrons. The smallest absolute Gasteiger partial charge is 0.364 e. The Kier molecular flexibility index (Phi) is 4.56. The summed E-state index contributed by atoms with van der Waals surface area (Å²) in [5.74, 6) is 0.371. The van der Waals surface area contributed by atoms with Crippen molar-refractivity contribution in [1.82, 2.24) is 14.8 Å². The largest absolute Gasteiger partial charge is 0.465 e. The molecule has 3 rings (SSSR count). The monoisotopic (exact) mass is 335 g/mol. The summed E-state index contributed by atoms with van der Waals surface area (Å²) >= 11 is 5.30. The molecule has 1 aromatic heterocycles. The van der Waals surface area contributed by atoms with Gasteiger partial charge < -0.3 is 14.7 Å². The summed E-state index contributed by atoms with van der Waals surface area (Å²) in [5.41, 5.74) is 0.943. The lowest BCUT2D eigenvalue weighted by Gasteiger charge is -2.19. The van der Waals surface area contributed by atoms with Crippen LogP contribution >= 0.6 is 12.2 Å². The number of aromatic nitrogens is 3. The molecule has 8 heteroatoms. The van der Waals surface area contributed by atoms with Gasteiger partial charge >= 0.3 is 5.97 Å². The number of hydrogen-bond acceptors (Lipinski definition) is 5. The number of rotatable bonds is 4. The molecule has 1 aliphatic heterocycles. The van der Waals surface area contributed by atoms with E-state index in [0.717, 1.165) is 10.5 Å². The molecule has 3 atom stereocenters. The predicted octanol–water partition coefficient (Wildman–Crippen LogP) is -0.244. The van der Waals surface area contributed by atoms with E-state index < -0.39 is 6.10 Å². The second-order valence-electron chi connectivity index (χ2n) is 5.63. The van der Waals surface area contributed by atoms with Gasteiger partial charge in [0.25, 0.3) is 0 Å². The Balaban J connectivity index is 1.82. The van der Waals surface area contributed by atoms with E-state index in [-0.39, 0.29) is 12.0 Å². The number of H-pyrrole nitrogens is 1. The molecule has 0 aliphatic carbocycles. The molecular weight excluding hydrogens is 316 g/mol. The maximum absolute atomic E-state index is 11.9. The van der Waals surface area contributed by atoms with Gasteiger partial charge in [0.15, 0.2) is 18.5 Å². The highest BCUT2D eigenvalue weighted by molar-refractivity contribution is 7.71. The molecule has 2 aromatic rings. The third kappa shape index (κ3) is 3.34. The Hall–Kier alpha value is -2.03. The molecule has 0 bridgehead atoms. The highest BCUT2D eigenvalue weighted by atomic mass is 32.1. The quantitative estimate of drug-likeness (QED) is 0.530. The van der Waals surface area contributed by atoms with Gasteiger partial charge in [0.2, 0.25) is 4.77 Å². The molecule has 0 saturated carbocycles.